The van der Waals surface area contributed by atoms with E-state index in [0.29, 0.717) is 26.2 Å². The van der Waals surface area contributed by atoms with Crippen molar-refractivity contribution in [2.75, 3.05) is 13.2 Å². The summed E-state index contributed by atoms with van der Waals surface area (Å²) < 4.78 is 11.4. The smallest absolute Gasteiger partial charge is 0.268 e. The van der Waals surface area contributed by atoms with E-state index in [1.165, 1.54) is 6.07 Å². The van der Waals surface area contributed by atoms with Crippen molar-refractivity contribution in [1.29, 1.82) is 0 Å². The molecule has 0 saturated carbocycles. The lowest BCUT2D eigenvalue weighted by molar-refractivity contribution is -0.0605. The average Bonchev–Trinajstić information content (AvgIpc) is 2.62. The molecule has 1 aliphatic heterocycles. The number of nitrogens with one attached hydrogen (secondary N) is 2. The van der Waals surface area contributed by atoms with E-state index in [0.717, 1.165) is 5.56 Å². The molecule has 1 aromatic carbocycles. The molecule has 6 nitrogen and oxygen atoms in total. The molecule has 1 aliphatic rings. The van der Waals surface area contributed by atoms with Crippen molar-refractivity contribution in [3.63, 3.8) is 0 Å². The van der Waals surface area contributed by atoms with Gasteiger partial charge in [-0.25, -0.2) is 0 Å². The molecule has 0 aliphatic carbocycles. The van der Waals surface area contributed by atoms with Gasteiger partial charge in [-0.15, -0.1) is 0 Å². The molecular weight excluding hydrogens is 308 g/mol. The van der Waals surface area contributed by atoms with Gasteiger partial charge >= 0.3 is 0 Å². The lowest BCUT2D eigenvalue weighted by Gasteiger charge is -2.32. The zero-order valence-corrected chi connectivity index (χ0v) is 13.2. The Kier molecular flexibility index (Phi) is 5.40. The minimum Gasteiger partial charge on any atom is -0.379 e. The van der Waals surface area contributed by atoms with Gasteiger partial charge in [0.1, 0.15) is 5.69 Å². The SMILES string of the molecule is O=C(N[C@@H]1COCC[C@@H]1OCc1ccccc1)c1cccc(=O)[nH]1. The topological polar surface area (TPSA) is 80.4 Å². The fourth-order valence-electron chi connectivity index (χ4n) is 2.66. The summed E-state index contributed by atoms with van der Waals surface area (Å²) in [5.41, 5.74) is 1.01. The van der Waals surface area contributed by atoms with E-state index >= 15 is 0 Å². The second-order valence-corrected chi connectivity index (χ2v) is 5.71. The van der Waals surface area contributed by atoms with Crippen LogP contribution in [0.2, 0.25) is 0 Å². The van der Waals surface area contributed by atoms with Gasteiger partial charge in [-0.2, -0.15) is 0 Å². The van der Waals surface area contributed by atoms with Crippen LogP contribution in [0.3, 0.4) is 0 Å². The Labute approximate surface area is 139 Å². The number of hydrogen-bond donors (Lipinski definition) is 2. The molecule has 2 aromatic rings. The molecule has 0 bridgehead atoms. The molecule has 0 unspecified atom stereocenters. The summed E-state index contributed by atoms with van der Waals surface area (Å²) in [4.78, 5) is 26.1. The number of amides is 1. The van der Waals surface area contributed by atoms with E-state index in [4.69, 9.17) is 9.47 Å². The Morgan fingerprint density at radius 2 is 2.04 bits per heavy atom. The molecule has 24 heavy (non-hydrogen) atoms. The van der Waals surface area contributed by atoms with Crippen LogP contribution in [0, 0.1) is 0 Å². The molecule has 6 heteroatoms. The number of carbonyl (C=O) groups is 1. The van der Waals surface area contributed by atoms with Gasteiger partial charge in [0.25, 0.3) is 5.91 Å². The van der Waals surface area contributed by atoms with Crippen molar-refractivity contribution in [3.8, 4) is 0 Å². The van der Waals surface area contributed by atoms with E-state index in [1.807, 2.05) is 30.3 Å². The molecule has 1 amide bonds. The maximum Gasteiger partial charge on any atom is 0.268 e. The highest BCUT2D eigenvalue weighted by molar-refractivity contribution is 5.92. The maximum atomic E-state index is 12.3. The Bertz CT molecular complexity index is 729. The predicted molar refractivity (Wildman–Crippen MR) is 88.8 cm³/mol. The van der Waals surface area contributed by atoms with Crippen LogP contribution in [0.1, 0.15) is 22.5 Å². The fourth-order valence-corrected chi connectivity index (χ4v) is 2.66. The number of carbonyl (C=O) groups excluding carboxylic acids is 1. The van der Waals surface area contributed by atoms with Crippen molar-refractivity contribution in [2.24, 2.45) is 0 Å². The van der Waals surface area contributed by atoms with Gasteiger partial charge in [0, 0.05) is 12.7 Å². The van der Waals surface area contributed by atoms with Gasteiger partial charge in [0.2, 0.25) is 5.56 Å². The minimum atomic E-state index is -0.337. The minimum absolute atomic E-state index is 0.127. The molecular formula is C18H20N2O4. The first-order valence-corrected chi connectivity index (χ1v) is 7.96. The highest BCUT2D eigenvalue weighted by Gasteiger charge is 2.28. The number of aromatic amines is 1. The fraction of sp³-hybridized carbons (Fsp3) is 0.333. The summed E-state index contributed by atoms with van der Waals surface area (Å²) in [7, 11) is 0. The largest absolute Gasteiger partial charge is 0.379 e. The average molecular weight is 328 g/mol. The van der Waals surface area contributed by atoms with Crippen molar-refractivity contribution >= 4 is 5.91 Å². The van der Waals surface area contributed by atoms with Crippen LogP contribution in [0.5, 0.6) is 0 Å². The van der Waals surface area contributed by atoms with Crippen LogP contribution in [0.25, 0.3) is 0 Å². The number of ether oxygens (including phenoxy) is 2. The van der Waals surface area contributed by atoms with Crippen molar-refractivity contribution in [1.82, 2.24) is 10.3 Å². The number of aromatic nitrogens is 1. The van der Waals surface area contributed by atoms with E-state index in [-0.39, 0.29) is 29.3 Å². The highest BCUT2D eigenvalue weighted by Crippen LogP contribution is 2.15. The first kappa shape index (κ1) is 16.4. The Morgan fingerprint density at radius 3 is 2.83 bits per heavy atom. The van der Waals surface area contributed by atoms with Crippen LogP contribution >= 0.6 is 0 Å². The van der Waals surface area contributed by atoms with Crippen molar-refractivity contribution in [2.45, 2.75) is 25.2 Å². The Balaban J connectivity index is 1.61. The zero-order valence-electron chi connectivity index (χ0n) is 13.2. The molecule has 0 spiro atoms. The number of pyridine rings is 1. The second-order valence-electron chi connectivity index (χ2n) is 5.71. The number of rotatable bonds is 5. The van der Waals surface area contributed by atoms with E-state index in [2.05, 4.69) is 10.3 Å². The lowest BCUT2D eigenvalue weighted by atomic mass is 10.1. The van der Waals surface area contributed by atoms with Crippen LogP contribution in [-0.2, 0) is 16.1 Å². The van der Waals surface area contributed by atoms with Gasteiger partial charge < -0.3 is 19.8 Å². The molecule has 126 valence electrons. The van der Waals surface area contributed by atoms with Crippen LogP contribution in [0.4, 0.5) is 0 Å². The monoisotopic (exact) mass is 328 g/mol. The molecule has 1 fully saturated rings. The van der Waals surface area contributed by atoms with Crippen LogP contribution < -0.4 is 10.9 Å². The Hall–Kier alpha value is -2.44. The Morgan fingerprint density at radius 1 is 1.21 bits per heavy atom. The van der Waals surface area contributed by atoms with Crippen molar-refractivity contribution < 1.29 is 14.3 Å². The molecule has 2 N–H and O–H groups in total. The molecule has 0 radical (unpaired) electrons. The maximum absolute atomic E-state index is 12.3. The summed E-state index contributed by atoms with van der Waals surface area (Å²) in [5.74, 6) is -0.337. The molecule has 2 heterocycles. The third-order valence-corrected chi connectivity index (χ3v) is 3.93. The van der Waals surface area contributed by atoms with E-state index in [1.54, 1.807) is 12.1 Å². The van der Waals surface area contributed by atoms with E-state index < -0.39 is 0 Å². The van der Waals surface area contributed by atoms with Crippen LogP contribution in [0.15, 0.2) is 53.3 Å². The van der Waals surface area contributed by atoms with Crippen LogP contribution in [-0.4, -0.2) is 36.3 Å². The molecule has 1 saturated heterocycles. The molecule has 3 rings (SSSR count). The lowest BCUT2D eigenvalue weighted by Crippen LogP contribution is -2.50. The summed E-state index contributed by atoms with van der Waals surface area (Å²) in [5, 5.41) is 2.89. The highest BCUT2D eigenvalue weighted by atomic mass is 16.5. The van der Waals surface area contributed by atoms with Gasteiger partial charge in [0.15, 0.2) is 0 Å². The third kappa shape index (κ3) is 4.31. The number of H-pyrrole nitrogens is 1. The van der Waals surface area contributed by atoms with Gasteiger partial charge in [0.05, 0.1) is 25.4 Å². The summed E-state index contributed by atoms with van der Waals surface area (Å²) in [6.07, 6.45) is 0.585. The third-order valence-electron chi connectivity index (χ3n) is 3.93. The van der Waals surface area contributed by atoms with Gasteiger partial charge in [-0.05, 0) is 18.1 Å². The normalized spacial score (nSPS) is 20.5. The number of hydrogen-bond acceptors (Lipinski definition) is 4. The van der Waals surface area contributed by atoms with Gasteiger partial charge in [-0.3, -0.25) is 9.59 Å². The first-order valence-electron chi connectivity index (χ1n) is 7.96. The summed E-state index contributed by atoms with van der Waals surface area (Å²) in [6, 6.07) is 14.1. The quantitative estimate of drug-likeness (QED) is 0.871. The number of benzene rings is 1. The van der Waals surface area contributed by atoms with Crippen molar-refractivity contribution in [3.05, 3.63) is 70.1 Å². The molecule has 1 aromatic heterocycles. The summed E-state index contributed by atoms with van der Waals surface area (Å²) >= 11 is 0. The zero-order chi connectivity index (χ0) is 16.8. The molecule has 2 atom stereocenters. The first-order chi connectivity index (χ1) is 11.7. The second kappa shape index (κ2) is 7.90. The van der Waals surface area contributed by atoms with E-state index in [9.17, 15) is 9.59 Å². The van der Waals surface area contributed by atoms with Gasteiger partial charge in [-0.1, -0.05) is 36.4 Å². The standard InChI is InChI=1S/C18H20N2O4/c21-17-8-4-7-14(19-17)18(22)20-15-12-23-10-9-16(15)24-11-13-5-2-1-3-6-13/h1-8,15-16H,9-12H2,(H,19,21)(H,20,22)/t15-,16+/m1/s1. The predicted octanol–water partition coefficient (Wildman–Crippen LogP) is 1.48. The summed E-state index contributed by atoms with van der Waals surface area (Å²) in [6.45, 7) is 1.48.